The molecular formula is C10H15NO5S. The molecule has 7 heteroatoms. The van der Waals surface area contributed by atoms with E-state index in [4.69, 9.17) is 5.73 Å². The number of carbonyl (C=O) groups excluding carboxylic acids is 1. The van der Waals surface area contributed by atoms with Gasteiger partial charge in [0.15, 0.2) is 9.84 Å². The van der Waals surface area contributed by atoms with E-state index in [0.717, 1.165) is 0 Å². The molecular weight excluding hydrogens is 246 g/mol. The Hall–Kier alpha value is -1.11. The maximum Gasteiger partial charge on any atom is 0.319 e. The normalized spacial score (nSPS) is 39.5. The Kier molecular flexibility index (Phi) is 2.68. The molecule has 3 N–H and O–H groups in total. The Morgan fingerprint density at radius 1 is 1.29 bits per heavy atom. The number of hydrogen-bond acceptors (Lipinski definition) is 4. The topological polar surface area (TPSA) is 115 Å². The summed E-state index contributed by atoms with van der Waals surface area (Å²) in [6, 6.07) is 0. The van der Waals surface area contributed by atoms with Crippen LogP contribution in [0.4, 0.5) is 0 Å². The van der Waals surface area contributed by atoms with Crippen LogP contribution >= 0.6 is 0 Å². The highest BCUT2D eigenvalue weighted by Gasteiger charge is 2.60. The monoisotopic (exact) mass is 261 g/mol. The van der Waals surface area contributed by atoms with Gasteiger partial charge in [0.05, 0.1) is 11.0 Å². The molecule has 0 aromatic carbocycles. The summed E-state index contributed by atoms with van der Waals surface area (Å²) < 4.78 is 23.6. The van der Waals surface area contributed by atoms with E-state index < -0.39 is 38.3 Å². The molecule has 0 bridgehead atoms. The van der Waals surface area contributed by atoms with Gasteiger partial charge in [0, 0.05) is 5.92 Å². The quantitative estimate of drug-likeness (QED) is 0.652. The maximum absolute atomic E-state index is 11.8. The SMILES string of the molecule is NC(=O)C1(C(=O)O)CCCC2C1CCS2(=O)=O. The number of amides is 1. The number of carboxylic acids is 1. The molecule has 2 fully saturated rings. The van der Waals surface area contributed by atoms with Crippen molar-refractivity contribution in [3.05, 3.63) is 0 Å². The molecule has 3 atom stereocenters. The zero-order valence-electron chi connectivity index (χ0n) is 9.26. The fraction of sp³-hybridized carbons (Fsp3) is 0.800. The highest BCUT2D eigenvalue weighted by Crippen LogP contribution is 2.49. The second kappa shape index (κ2) is 3.69. The summed E-state index contributed by atoms with van der Waals surface area (Å²) in [6.07, 6.45) is 1.22. The Morgan fingerprint density at radius 2 is 1.94 bits per heavy atom. The second-order valence-electron chi connectivity index (χ2n) is 4.83. The molecule has 6 nitrogen and oxygen atoms in total. The smallest absolute Gasteiger partial charge is 0.319 e. The zero-order chi connectivity index (χ0) is 12.8. The van der Waals surface area contributed by atoms with E-state index in [0.29, 0.717) is 12.8 Å². The van der Waals surface area contributed by atoms with E-state index in [1.165, 1.54) is 0 Å². The number of sulfone groups is 1. The van der Waals surface area contributed by atoms with E-state index >= 15 is 0 Å². The van der Waals surface area contributed by atoms with Crippen LogP contribution in [0, 0.1) is 11.3 Å². The van der Waals surface area contributed by atoms with Crippen molar-refractivity contribution in [2.45, 2.75) is 30.9 Å². The first-order valence-corrected chi connectivity index (χ1v) is 7.29. The van der Waals surface area contributed by atoms with Gasteiger partial charge in [-0.15, -0.1) is 0 Å². The van der Waals surface area contributed by atoms with Gasteiger partial charge >= 0.3 is 5.97 Å². The molecule has 3 unspecified atom stereocenters. The largest absolute Gasteiger partial charge is 0.480 e. The molecule has 2 rings (SSSR count). The summed E-state index contributed by atoms with van der Waals surface area (Å²) in [4.78, 5) is 22.9. The Morgan fingerprint density at radius 3 is 2.47 bits per heavy atom. The average molecular weight is 261 g/mol. The van der Waals surface area contributed by atoms with Gasteiger partial charge in [0.25, 0.3) is 0 Å². The predicted molar refractivity (Wildman–Crippen MR) is 58.8 cm³/mol. The van der Waals surface area contributed by atoms with Crippen molar-refractivity contribution in [1.82, 2.24) is 0 Å². The van der Waals surface area contributed by atoms with Gasteiger partial charge in [0.1, 0.15) is 5.41 Å². The van der Waals surface area contributed by atoms with Crippen LogP contribution in [0.2, 0.25) is 0 Å². The van der Waals surface area contributed by atoms with Crippen LogP contribution < -0.4 is 5.73 Å². The molecule has 1 amide bonds. The minimum absolute atomic E-state index is 0.0371. The number of hydrogen-bond donors (Lipinski definition) is 2. The molecule has 0 spiro atoms. The number of carbonyl (C=O) groups is 2. The summed E-state index contributed by atoms with van der Waals surface area (Å²) in [5.41, 5.74) is 3.55. The van der Waals surface area contributed by atoms with Crippen molar-refractivity contribution in [3.63, 3.8) is 0 Å². The van der Waals surface area contributed by atoms with Gasteiger partial charge in [-0.2, -0.15) is 0 Å². The lowest BCUT2D eigenvalue weighted by Gasteiger charge is -2.38. The summed E-state index contributed by atoms with van der Waals surface area (Å²) in [5, 5.41) is 8.57. The third kappa shape index (κ3) is 1.55. The molecule has 0 aromatic rings. The Balaban J connectivity index is 2.49. The summed E-state index contributed by atoms with van der Waals surface area (Å²) in [7, 11) is -3.26. The van der Waals surface area contributed by atoms with Crippen LogP contribution in [0.3, 0.4) is 0 Å². The van der Waals surface area contributed by atoms with Crippen LogP contribution in [-0.2, 0) is 19.4 Å². The van der Waals surface area contributed by atoms with Crippen molar-refractivity contribution in [2.24, 2.45) is 17.1 Å². The molecule has 0 aromatic heterocycles. The van der Waals surface area contributed by atoms with Crippen LogP contribution in [-0.4, -0.2) is 36.4 Å². The number of rotatable bonds is 2. The van der Waals surface area contributed by atoms with Crippen molar-refractivity contribution in [3.8, 4) is 0 Å². The predicted octanol–water partition coefficient (Wildman–Crippen LogP) is -0.470. The lowest BCUT2D eigenvalue weighted by molar-refractivity contribution is -0.161. The standard InChI is InChI=1S/C10H15NO5S/c11-8(12)10(9(13)14)4-1-2-7-6(10)3-5-17(7,15)16/h6-7H,1-5H2,(H2,11,12)(H,13,14). The van der Waals surface area contributed by atoms with Crippen molar-refractivity contribution in [2.75, 3.05) is 5.75 Å². The van der Waals surface area contributed by atoms with Gasteiger partial charge in [0.2, 0.25) is 5.91 Å². The summed E-state index contributed by atoms with van der Waals surface area (Å²) in [5.74, 6) is -2.88. The number of aliphatic carboxylic acids is 1. The van der Waals surface area contributed by atoms with Gasteiger partial charge in [-0.25, -0.2) is 8.42 Å². The van der Waals surface area contributed by atoms with Crippen LogP contribution in [0.5, 0.6) is 0 Å². The van der Waals surface area contributed by atoms with E-state index in [1.807, 2.05) is 0 Å². The van der Waals surface area contributed by atoms with E-state index in [1.54, 1.807) is 0 Å². The number of primary amides is 1. The van der Waals surface area contributed by atoms with Crippen LogP contribution in [0.15, 0.2) is 0 Å². The molecule has 1 saturated heterocycles. The van der Waals surface area contributed by atoms with E-state index in [9.17, 15) is 23.1 Å². The lowest BCUT2D eigenvalue weighted by Crippen LogP contribution is -2.54. The molecule has 1 heterocycles. The highest BCUT2D eigenvalue weighted by molar-refractivity contribution is 7.92. The fourth-order valence-corrected chi connectivity index (χ4v) is 5.55. The Labute approximate surface area is 99.1 Å². The zero-order valence-corrected chi connectivity index (χ0v) is 10.1. The molecule has 17 heavy (non-hydrogen) atoms. The first kappa shape index (κ1) is 12.3. The fourth-order valence-electron chi connectivity index (χ4n) is 3.27. The number of carboxylic acid groups (broad SMARTS) is 1. The average Bonchev–Trinajstić information content (AvgIpc) is 2.54. The third-order valence-corrected chi connectivity index (χ3v) is 6.43. The van der Waals surface area contributed by atoms with Crippen molar-refractivity contribution in [1.29, 1.82) is 0 Å². The van der Waals surface area contributed by atoms with E-state index in [2.05, 4.69) is 0 Å². The highest BCUT2D eigenvalue weighted by atomic mass is 32.2. The van der Waals surface area contributed by atoms with Crippen molar-refractivity contribution >= 4 is 21.7 Å². The van der Waals surface area contributed by atoms with Gasteiger partial charge in [-0.1, -0.05) is 6.42 Å². The van der Waals surface area contributed by atoms with Crippen molar-refractivity contribution < 1.29 is 23.1 Å². The van der Waals surface area contributed by atoms with Gasteiger partial charge in [-0.05, 0) is 19.3 Å². The van der Waals surface area contributed by atoms with Crippen LogP contribution in [0.1, 0.15) is 25.7 Å². The minimum atomic E-state index is -3.26. The summed E-state index contributed by atoms with van der Waals surface area (Å²) in [6.45, 7) is 0. The van der Waals surface area contributed by atoms with Gasteiger partial charge < -0.3 is 10.8 Å². The molecule has 0 radical (unpaired) electrons. The summed E-state index contributed by atoms with van der Waals surface area (Å²) >= 11 is 0. The maximum atomic E-state index is 11.8. The number of nitrogens with two attached hydrogens (primary N) is 1. The second-order valence-corrected chi connectivity index (χ2v) is 7.17. The molecule has 96 valence electrons. The first-order chi connectivity index (χ1) is 7.82. The minimum Gasteiger partial charge on any atom is -0.480 e. The van der Waals surface area contributed by atoms with Crippen LogP contribution in [0.25, 0.3) is 0 Å². The molecule has 2 aliphatic rings. The molecule has 1 aliphatic heterocycles. The first-order valence-electron chi connectivity index (χ1n) is 5.57. The molecule has 1 aliphatic carbocycles. The molecule has 1 saturated carbocycles. The number of fused-ring (bicyclic) bond motifs is 1. The van der Waals surface area contributed by atoms with Gasteiger partial charge in [-0.3, -0.25) is 9.59 Å². The van der Waals surface area contributed by atoms with E-state index in [-0.39, 0.29) is 18.6 Å². The third-order valence-electron chi connectivity index (χ3n) is 4.14. The Bertz CT molecular complexity index is 455. The lowest BCUT2D eigenvalue weighted by atomic mass is 9.64.